The van der Waals surface area contributed by atoms with Crippen LogP contribution in [-0.4, -0.2) is 68.7 Å². The first-order valence-corrected chi connectivity index (χ1v) is 9.02. The van der Waals surface area contributed by atoms with Gasteiger partial charge in [0.15, 0.2) is 5.65 Å². The molecule has 0 saturated carbocycles. The third-order valence-electron chi connectivity index (χ3n) is 5.59. The molecule has 3 heterocycles. The molecule has 0 aliphatic carbocycles. The number of likely N-dealkylation sites (tertiary alicyclic amines) is 1. The summed E-state index contributed by atoms with van der Waals surface area (Å²) >= 11 is 0. The Morgan fingerprint density at radius 2 is 2.00 bits per heavy atom. The van der Waals surface area contributed by atoms with Gasteiger partial charge >= 0.3 is 0 Å². The van der Waals surface area contributed by atoms with E-state index in [0.29, 0.717) is 24.2 Å². The highest BCUT2D eigenvalue weighted by Gasteiger charge is 2.46. The number of hydrogen-bond donors (Lipinski definition) is 1. The second-order valence-electron chi connectivity index (χ2n) is 7.18. The van der Waals surface area contributed by atoms with Crippen LogP contribution in [0.4, 0.5) is 0 Å². The zero-order valence-electron chi connectivity index (χ0n) is 15.5. The van der Waals surface area contributed by atoms with Crippen LogP contribution in [0, 0.1) is 0 Å². The van der Waals surface area contributed by atoms with Crippen LogP contribution in [-0.2, 0) is 5.54 Å². The summed E-state index contributed by atoms with van der Waals surface area (Å²) in [6.07, 6.45) is 3.10. The van der Waals surface area contributed by atoms with Gasteiger partial charge in [0.25, 0.3) is 5.91 Å². The third-order valence-corrected chi connectivity index (χ3v) is 5.59. The van der Waals surface area contributed by atoms with Gasteiger partial charge in [0.1, 0.15) is 6.33 Å². The third kappa shape index (κ3) is 2.89. The average molecular weight is 365 g/mol. The summed E-state index contributed by atoms with van der Waals surface area (Å²) in [5, 5.41) is 15.2. The van der Waals surface area contributed by atoms with E-state index in [4.69, 9.17) is 0 Å². The Morgan fingerprint density at radius 1 is 1.22 bits per heavy atom. The molecule has 0 radical (unpaired) electrons. The summed E-state index contributed by atoms with van der Waals surface area (Å²) in [6, 6.07) is 13.5. The summed E-state index contributed by atoms with van der Waals surface area (Å²) in [6.45, 7) is 0.847. The van der Waals surface area contributed by atoms with Crippen LogP contribution in [0.15, 0.2) is 55.0 Å². The SMILES string of the molecule is CN(C)[C@]1(c2ccccc2)CCN(C(=O)c2ccc3ncnn3c2)C[C@H]1O. The average Bonchev–Trinajstić information content (AvgIpc) is 3.15. The molecule has 0 unspecified atom stereocenters. The molecule has 2 aromatic heterocycles. The fraction of sp³-hybridized carbons (Fsp3) is 0.350. The summed E-state index contributed by atoms with van der Waals surface area (Å²) in [5.74, 6) is -0.105. The van der Waals surface area contributed by atoms with Crippen LogP contribution < -0.4 is 0 Å². The van der Waals surface area contributed by atoms with Crippen molar-refractivity contribution in [3.63, 3.8) is 0 Å². The first-order chi connectivity index (χ1) is 13.0. The number of carbonyl (C=O) groups is 1. The Kier molecular flexibility index (Phi) is 4.41. The largest absolute Gasteiger partial charge is 0.389 e. The standard InChI is InChI=1S/C20H23N5O2/c1-23(2)20(16-6-4-3-5-7-16)10-11-24(13-17(20)26)19(27)15-8-9-18-21-14-22-25(18)12-15/h3-9,12,14,17,26H,10-11,13H2,1-2H3/t17-,20+/m1/s1. The van der Waals surface area contributed by atoms with Gasteiger partial charge in [0.05, 0.1) is 17.2 Å². The molecule has 1 aliphatic heterocycles. The number of β-amino-alcohol motifs (C(OH)–C–C–N with tert-alkyl or cyclic N) is 1. The van der Waals surface area contributed by atoms with E-state index in [9.17, 15) is 9.90 Å². The molecular formula is C20H23N5O2. The molecule has 140 valence electrons. The molecule has 2 atom stereocenters. The highest BCUT2D eigenvalue weighted by molar-refractivity contribution is 5.94. The number of pyridine rings is 1. The number of rotatable bonds is 3. The van der Waals surface area contributed by atoms with Crippen LogP contribution in [0.1, 0.15) is 22.3 Å². The Hall–Kier alpha value is -2.77. The van der Waals surface area contributed by atoms with Crippen molar-refractivity contribution < 1.29 is 9.90 Å². The monoisotopic (exact) mass is 365 g/mol. The lowest BCUT2D eigenvalue weighted by Crippen LogP contribution is -2.60. The topological polar surface area (TPSA) is 74.0 Å². The van der Waals surface area contributed by atoms with Gasteiger partial charge in [-0.3, -0.25) is 9.69 Å². The van der Waals surface area contributed by atoms with E-state index < -0.39 is 11.6 Å². The number of aliphatic hydroxyl groups is 1. The van der Waals surface area contributed by atoms with Crippen LogP contribution in [0.2, 0.25) is 0 Å². The van der Waals surface area contributed by atoms with Gasteiger partial charge in [-0.1, -0.05) is 30.3 Å². The number of fused-ring (bicyclic) bond motifs is 1. The fourth-order valence-corrected chi connectivity index (χ4v) is 4.08. The molecule has 1 aliphatic rings. The van der Waals surface area contributed by atoms with Crippen LogP contribution >= 0.6 is 0 Å². The second kappa shape index (κ2) is 6.75. The fourth-order valence-electron chi connectivity index (χ4n) is 4.08. The van der Waals surface area contributed by atoms with E-state index in [1.54, 1.807) is 27.7 Å². The number of hydrogen-bond acceptors (Lipinski definition) is 5. The molecule has 4 rings (SSSR count). The minimum Gasteiger partial charge on any atom is -0.389 e. The number of benzene rings is 1. The van der Waals surface area contributed by atoms with E-state index in [2.05, 4.69) is 15.0 Å². The van der Waals surface area contributed by atoms with Crippen molar-refractivity contribution in [1.29, 1.82) is 0 Å². The Morgan fingerprint density at radius 3 is 2.70 bits per heavy atom. The molecule has 1 aromatic carbocycles. The molecule has 27 heavy (non-hydrogen) atoms. The van der Waals surface area contributed by atoms with Crippen LogP contribution in [0.5, 0.6) is 0 Å². The Bertz CT molecular complexity index is 955. The smallest absolute Gasteiger partial charge is 0.255 e. The van der Waals surface area contributed by atoms with Crippen molar-refractivity contribution in [2.24, 2.45) is 0 Å². The van der Waals surface area contributed by atoms with Crippen molar-refractivity contribution in [3.05, 3.63) is 66.1 Å². The molecule has 1 saturated heterocycles. The zero-order valence-corrected chi connectivity index (χ0v) is 15.5. The lowest BCUT2D eigenvalue weighted by atomic mass is 9.77. The minimum atomic E-state index is -0.692. The number of aromatic nitrogens is 3. The van der Waals surface area contributed by atoms with Gasteiger partial charge in [-0.25, -0.2) is 9.50 Å². The molecule has 1 fully saturated rings. The van der Waals surface area contributed by atoms with Crippen LogP contribution in [0.25, 0.3) is 5.65 Å². The lowest BCUT2D eigenvalue weighted by Gasteiger charge is -2.49. The molecule has 0 spiro atoms. The zero-order chi connectivity index (χ0) is 19.0. The predicted octanol–water partition coefficient (Wildman–Crippen LogP) is 1.39. The van der Waals surface area contributed by atoms with E-state index in [1.807, 2.05) is 44.4 Å². The number of carbonyl (C=O) groups excluding carboxylic acids is 1. The molecule has 7 nitrogen and oxygen atoms in total. The molecule has 1 N–H and O–H groups in total. The predicted molar refractivity (Wildman–Crippen MR) is 101 cm³/mol. The molecule has 7 heteroatoms. The van der Waals surface area contributed by atoms with E-state index in [-0.39, 0.29) is 12.5 Å². The van der Waals surface area contributed by atoms with Crippen molar-refractivity contribution in [2.75, 3.05) is 27.2 Å². The van der Waals surface area contributed by atoms with Gasteiger partial charge in [0.2, 0.25) is 0 Å². The summed E-state index contributed by atoms with van der Waals surface area (Å²) in [7, 11) is 3.96. The highest BCUT2D eigenvalue weighted by Crippen LogP contribution is 2.37. The quantitative estimate of drug-likeness (QED) is 0.759. The van der Waals surface area contributed by atoms with Gasteiger partial charge in [0, 0.05) is 19.3 Å². The first kappa shape index (κ1) is 17.6. The Balaban J connectivity index is 1.59. The van der Waals surface area contributed by atoms with Gasteiger partial charge in [-0.2, -0.15) is 5.10 Å². The first-order valence-electron chi connectivity index (χ1n) is 9.02. The van der Waals surface area contributed by atoms with Crippen molar-refractivity contribution in [1.82, 2.24) is 24.4 Å². The number of piperidine rings is 1. The maximum absolute atomic E-state index is 13.0. The van der Waals surface area contributed by atoms with Crippen LogP contribution in [0.3, 0.4) is 0 Å². The van der Waals surface area contributed by atoms with E-state index in [1.165, 1.54) is 6.33 Å². The molecule has 3 aromatic rings. The van der Waals surface area contributed by atoms with E-state index >= 15 is 0 Å². The van der Waals surface area contributed by atoms with E-state index in [0.717, 1.165) is 5.56 Å². The summed E-state index contributed by atoms with van der Waals surface area (Å²) < 4.78 is 1.59. The molecular weight excluding hydrogens is 342 g/mol. The summed E-state index contributed by atoms with van der Waals surface area (Å²) in [4.78, 5) is 20.8. The number of nitrogens with zero attached hydrogens (tertiary/aromatic N) is 5. The highest BCUT2D eigenvalue weighted by atomic mass is 16.3. The molecule has 0 bridgehead atoms. The normalized spacial score (nSPS) is 23.1. The maximum Gasteiger partial charge on any atom is 0.255 e. The Labute approximate surface area is 157 Å². The van der Waals surface area contributed by atoms with Gasteiger partial charge in [-0.15, -0.1) is 0 Å². The second-order valence-corrected chi connectivity index (χ2v) is 7.18. The minimum absolute atomic E-state index is 0.105. The number of aliphatic hydroxyl groups excluding tert-OH is 1. The summed E-state index contributed by atoms with van der Waals surface area (Å²) in [5.41, 5.74) is 1.80. The number of amides is 1. The van der Waals surface area contributed by atoms with Crippen molar-refractivity contribution in [3.8, 4) is 0 Å². The lowest BCUT2D eigenvalue weighted by molar-refractivity contribution is -0.0612. The van der Waals surface area contributed by atoms with Gasteiger partial charge < -0.3 is 10.0 Å². The maximum atomic E-state index is 13.0. The number of likely N-dealkylation sites (N-methyl/N-ethyl adjacent to an activating group) is 1. The van der Waals surface area contributed by atoms with Crippen molar-refractivity contribution in [2.45, 2.75) is 18.1 Å². The van der Waals surface area contributed by atoms with Crippen molar-refractivity contribution >= 4 is 11.6 Å². The molecule has 1 amide bonds. The van der Waals surface area contributed by atoms with Gasteiger partial charge in [-0.05, 0) is 38.2 Å².